The highest BCUT2D eigenvalue weighted by molar-refractivity contribution is 4.83. The van der Waals surface area contributed by atoms with Gasteiger partial charge in [-0.15, -0.1) is 0 Å². The molecule has 0 radical (unpaired) electrons. The van der Waals surface area contributed by atoms with Gasteiger partial charge in [-0.25, -0.2) is 4.57 Å². The third kappa shape index (κ3) is 16.9. The first-order valence-electron chi connectivity index (χ1n) is 11.4. The minimum atomic E-state index is 0. The Balaban J connectivity index is 0.00000625. The molecule has 0 N–H and O–H groups in total. The number of aromatic nitrogens is 1. The van der Waals surface area contributed by atoms with Crippen LogP contribution in [0.15, 0.2) is 30.6 Å². The fraction of sp³-hybridized carbons (Fsp3) is 0.792. The Bertz CT molecular complexity index is 366. The van der Waals surface area contributed by atoms with Crippen LogP contribution >= 0.6 is 0 Å². The molecule has 0 spiro atoms. The number of hydrogen-bond donors (Lipinski definition) is 0. The van der Waals surface area contributed by atoms with Gasteiger partial charge < -0.3 is 12.4 Å². The first kappa shape index (κ1) is 25.4. The van der Waals surface area contributed by atoms with E-state index in [4.69, 9.17) is 0 Å². The monoisotopic (exact) mass is 381 g/mol. The standard InChI is InChI=1S/C24H44N.ClH/c1-2-3-4-5-6-7-8-9-10-11-12-13-14-15-16-17-19-22-25-23-20-18-21-24-25;/h18,20-21,23-24H,2-17,19,22H2,1H3;1H/q+1;/p-1. The number of unbranched alkanes of at least 4 members (excludes halogenated alkanes) is 16. The summed E-state index contributed by atoms with van der Waals surface area (Å²) in [6.45, 7) is 3.48. The van der Waals surface area contributed by atoms with Gasteiger partial charge >= 0.3 is 0 Å². The largest absolute Gasteiger partial charge is 1.00 e. The SMILES string of the molecule is CCCCCCCCCCCCCCCCCCC[n+]1ccccc1.[Cl-]. The molecular formula is C24H44ClN. The predicted octanol–water partition coefficient (Wildman–Crippen LogP) is 4.63. The third-order valence-electron chi connectivity index (χ3n) is 5.30. The van der Waals surface area contributed by atoms with E-state index in [1.807, 2.05) is 0 Å². The van der Waals surface area contributed by atoms with Crippen molar-refractivity contribution in [3.63, 3.8) is 0 Å². The van der Waals surface area contributed by atoms with Crippen molar-refractivity contribution < 1.29 is 17.0 Å². The maximum atomic E-state index is 2.30. The van der Waals surface area contributed by atoms with Gasteiger partial charge in [0.15, 0.2) is 12.4 Å². The average molecular weight is 382 g/mol. The fourth-order valence-electron chi connectivity index (χ4n) is 3.60. The van der Waals surface area contributed by atoms with Crippen molar-refractivity contribution in [3.8, 4) is 0 Å². The van der Waals surface area contributed by atoms with E-state index in [0.717, 1.165) is 0 Å². The molecule has 1 heterocycles. The highest BCUT2D eigenvalue weighted by Crippen LogP contribution is 2.13. The van der Waals surface area contributed by atoms with Crippen LogP contribution in [-0.4, -0.2) is 0 Å². The molecule has 1 nitrogen and oxygen atoms in total. The Kier molecular flexibility index (Phi) is 20.3. The number of halogens is 1. The van der Waals surface area contributed by atoms with Crippen molar-refractivity contribution >= 4 is 0 Å². The van der Waals surface area contributed by atoms with E-state index in [1.54, 1.807) is 0 Å². The molecule has 0 aromatic carbocycles. The highest BCUT2D eigenvalue weighted by Gasteiger charge is 1.98. The molecule has 1 rings (SSSR count). The number of pyridine rings is 1. The van der Waals surface area contributed by atoms with E-state index in [2.05, 4.69) is 42.1 Å². The molecule has 0 amide bonds. The summed E-state index contributed by atoms with van der Waals surface area (Å²) in [5.74, 6) is 0. The first-order valence-corrected chi connectivity index (χ1v) is 11.4. The maximum Gasteiger partial charge on any atom is 0.168 e. The zero-order valence-corrected chi connectivity index (χ0v) is 18.2. The number of rotatable bonds is 18. The van der Waals surface area contributed by atoms with Gasteiger partial charge in [-0.1, -0.05) is 109 Å². The molecule has 0 atom stereocenters. The van der Waals surface area contributed by atoms with Gasteiger partial charge in [-0.05, 0) is 6.42 Å². The third-order valence-corrected chi connectivity index (χ3v) is 5.30. The van der Waals surface area contributed by atoms with E-state index in [9.17, 15) is 0 Å². The van der Waals surface area contributed by atoms with Gasteiger partial charge in [0.25, 0.3) is 0 Å². The van der Waals surface area contributed by atoms with Crippen LogP contribution in [0.3, 0.4) is 0 Å². The zero-order valence-electron chi connectivity index (χ0n) is 17.4. The normalized spacial score (nSPS) is 10.7. The molecule has 0 saturated carbocycles. The Morgan fingerprint density at radius 2 is 0.808 bits per heavy atom. The summed E-state index contributed by atoms with van der Waals surface area (Å²) < 4.78 is 2.30. The molecule has 0 aliphatic carbocycles. The van der Waals surface area contributed by atoms with Crippen LogP contribution in [0, 0.1) is 0 Å². The van der Waals surface area contributed by atoms with Gasteiger partial charge in [0.05, 0.1) is 0 Å². The second-order valence-corrected chi connectivity index (χ2v) is 7.77. The summed E-state index contributed by atoms with van der Waals surface area (Å²) in [5.41, 5.74) is 0. The summed E-state index contributed by atoms with van der Waals surface area (Å²) in [6.07, 6.45) is 28.9. The molecule has 1 aromatic heterocycles. The highest BCUT2D eigenvalue weighted by atomic mass is 35.5. The van der Waals surface area contributed by atoms with Crippen LogP contribution in [0.5, 0.6) is 0 Å². The fourth-order valence-corrected chi connectivity index (χ4v) is 3.60. The van der Waals surface area contributed by atoms with Crippen LogP contribution in [0.2, 0.25) is 0 Å². The van der Waals surface area contributed by atoms with Crippen LogP contribution in [0.4, 0.5) is 0 Å². The molecule has 0 saturated heterocycles. The van der Waals surface area contributed by atoms with Crippen molar-refractivity contribution in [1.82, 2.24) is 0 Å². The first-order chi connectivity index (χ1) is 12.4. The van der Waals surface area contributed by atoms with Crippen molar-refractivity contribution in [2.45, 2.75) is 123 Å². The number of aryl methyl sites for hydroxylation is 1. The Morgan fingerprint density at radius 1 is 0.462 bits per heavy atom. The predicted molar refractivity (Wildman–Crippen MR) is 111 cm³/mol. The van der Waals surface area contributed by atoms with Crippen molar-refractivity contribution in [3.05, 3.63) is 30.6 Å². The molecule has 152 valence electrons. The van der Waals surface area contributed by atoms with Crippen LogP contribution in [0.25, 0.3) is 0 Å². The Labute approximate surface area is 170 Å². The topological polar surface area (TPSA) is 3.88 Å². The van der Waals surface area contributed by atoms with E-state index in [1.165, 1.54) is 116 Å². The molecule has 0 fully saturated rings. The Morgan fingerprint density at radius 3 is 1.19 bits per heavy atom. The molecule has 26 heavy (non-hydrogen) atoms. The van der Waals surface area contributed by atoms with Crippen molar-refractivity contribution in [2.75, 3.05) is 0 Å². The summed E-state index contributed by atoms with van der Waals surface area (Å²) in [5, 5.41) is 0. The van der Waals surface area contributed by atoms with E-state index in [-0.39, 0.29) is 12.4 Å². The van der Waals surface area contributed by atoms with Gasteiger partial charge in [-0.3, -0.25) is 0 Å². The second-order valence-electron chi connectivity index (χ2n) is 7.77. The van der Waals surface area contributed by atoms with Crippen molar-refractivity contribution in [1.29, 1.82) is 0 Å². The van der Waals surface area contributed by atoms with Crippen molar-refractivity contribution in [2.24, 2.45) is 0 Å². The lowest BCUT2D eigenvalue weighted by atomic mass is 10.0. The van der Waals surface area contributed by atoms with Gasteiger partial charge in [0, 0.05) is 18.6 Å². The number of nitrogens with zero attached hydrogens (tertiary/aromatic N) is 1. The Hall–Kier alpha value is -0.560. The van der Waals surface area contributed by atoms with Crippen LogP contribution < -0.4 is 17.0 Å². The molecule has 0 aliphatic rings. The van der Waals surface area contributed by atoms with E-state index in [0.29, 0.717) is 0 Å². The van der Waals surface area contributed by atoms with Gasteiger partial charge in [0.2, 0.25) is 0 Å². The lowest BCUT2D eigenvalue weighted by molar-refractivity contribution is -0.697. The molecule has 0 aliphatic heterocycles. The lowest BCUT2D eigenvalue weighted by Gasteiger charge is -2.03. The van der Waals surface area contributed by atoms with E-state index >= 15 is 0 Å². The maximum absolute atomic E-state index is 2.30. The van der Waals surface area contributed by atoms with Gasteiger partial charge in [-0.2, -0.15) is 0 Å². The summed E-state index contributed by atoms with van der Waals surface area (Å²) in [6, 6.07) is 6.33. The van der Waals surface area contributed by atoms with Crippen LogP contribution in [0.1, 0.15) is 116 Å². The molecule has 0 bridgehead atoms. The molecular weight excluding hydrogens is 338 g/mol. The molecule has 0 unspecified atom stereocenters. The van der Waals surface area contributed by atoms with Crippen LogP contribution in [-0.2, 0) is 6.54 Å². The zero-order chi connectivity index (χ0) is 17.8. The minimum Gasteiger partial charge on any atom is -1.00 e. The minimum absolute atomic E-state index is 0. The number of hydrogen-bond acceptors (Lipinski definition) is 0. The smallest absolute Gasteiger partial charge is 0.168 e. The summed E-state index contributed by atoms with van der Waals surface area (Å²) >= 11 is 0. The second kappa shape index (κ2) is 20.7. The molecule has 1 aromatic rings. The molecule has 2 heteroatoms. The quantitative estimate of drug-likeness (QED) is 0.258. The van der Waals surface area contributed by atoms with E-state index < -0.39 is 0 Å². The summed E-state index contributed by atoms with van der Waals surface area (Å²) in [7, 11) is 0. The average Bonchev–Trinajstić information content (AvgIpc) is 2.65. The summed E-state index contributed by atoms with van der Waals surface area (Å²) in [4.78, 5) is 0. The van der Waals surface area contributed by atoms with Gasteiger partial charge in [0.1, 0.15) is 6.54 Å². The lowest BCUT2D eigenvalue weighted by Crippen LogP contribution is -3.00.